The molecule has 2 aromatic carbocycles. The zero-order valence-corrected chi connectivity index (χ0v) is 16.7. The number of hydrogen-bond acceptors (Lipinski definition) is 5. The van der Waals surface area contributed by atoms with E-state index in [1.54, 1.807) is 7.11 Å². The molecular weight excluding hydrogens is 366 g/mol. The third-order valence-electron chi connectivity index (χ3n) is 5.24. The van der Waals surface area contributed by atoms with Gasteiger partial charge in [0.25, 0.3) is 0 Å². The van der Waals surface area contributed by atoms with Crippen LogP contribution in [0.25, 0.3) is 11.1 Å². The fourth-order valence-electron chi connectivity index (χ4n) is 3.78. The van der Waals surface area contributed by atoms with Gasteiger partial charge in [-0.25, -0.2) is 4.98 Å². The van der Waals surface area contributed by atoms with Gasteiger partial charge in [0.05, 0.1) is 19.7 Å². The average Bonchev–Trinajstić information content (AvgIpc) is 3.37. The van der Waals surface area contributed by atoms with Crippen LogP contribution in [0.4, 0.5) is 5.69 Å². The molecule has 7 nitrogen and oxygen atoms in total. The highest BCUT2D eigenvalue weighted by Gasteiger charge is 2.31. The number of anilines is 1. The molecule has 1 atom stereocenters. The molecule has 7 heteroatoms. The molecule has 0 unspecified atom stereocenters. The summed E-state index contributed by atoms with van der Waals surface area (Å²) >= 11 is 0. The molecule has 0 spiro atoms. The van der Waals surface area contributed by atoms with Crippen LogP contribution in [0.3, 0.4) is 0 Å². The third-order valence-corrected chi connectivity index (χ3v) is 5.24. The van der Waals surface area contributed by atoms with Gasteiger partial charge >= 0.3 is 0 Å². The summed E-state index contributed by atoms with van der Waals surface area (Å²) in [7, 11) is 1.65. The van der Waals surface area contributed by atoms with Crippen molar-refractivity contribution in [3.8, 4) is 16.9 Å². The van der Waals surface area contributed by atoms with Crippen molar-refractivity contribution in [2.45, 2.75) is 32.4 Å². The van der Waals surface area contributed by atoms with Gasteiger partial charge in [-0.2, -0.15) is 5.10 Å². The molecule has 0 bridgehead atoms. The Bertz CT molecular complexity index is 983. The number of nitrogens with zero attached hydrogens (tertiary/aromatic N) is 3. The number of aryl methyl sites for hydroxylation is 1. The monoisotopic (exact) mass is 391 g/mol. The molecule has 4 rings (SSSR count). The Kier molecular flexibility index (Phi) is 5.57. The Balaban J connectivity index is 1.50. The Morgan fingerprint density at radius 3 is 2.76 bits per heavy atom. The van der Waals surface area contributed by atoms with Crippen molar-refractivity contribution in [1.29, 1.82) is 0 Å². The lowest BCUT2D eigenvalue weighted by atomic mass is 10.0. The van der Waals surface area contributed by atoms with Crippen molar-refractivity contribution in [3.63, 3.8) is 0 Å². The first-order valence-corrected chi connectivity index (χ1v) is 9.80. The molecule has 1 saturated heterocycles. The topological polar surface area (TPSA) is 83.1 Å². The van der Waals surface area contributed by atoms with Gasteiger partial charge in [0.1, 0.15) is 11.6 Å². The van der Waals surface area contributed by atoms with E-state index >= 15 is 0 Å². The highest BCUT2D eigenvalue weighted by atomic mass is 16.5. The molecule has 1 aromatic heterocycles. The average molecular weight is 391 g/mol. The van der Waals surface area contributed by atoms with Crippen LogP contribution in [0, 0.1) is 6.92 Å². The summed E-state index contributed by atoms with van der Waals surface area (Å²) in [6, 6.07) is 15.5. The van der Waals surface area contributed by atoms with E-state index in [1.807, 2.05) is 55.5 Å². The second-order valence-corrected chi connectivity index (χ2v) is 7.23. The van der Waals surface area contributed by atoms with E-state index < -0.39 is 0 Å². The minimum absolute atomic E-state index is 0.00993. The van der Waals surface area contributed by atoms with Crippen molar-refractivity contribution in [1.82, 2.24) is 20.1 Å². The van der Waals surface area contributed by atoms with Crippen LogP contribution in [-0.4, -0.2) is 45.7 Å². The summed E-state index contributed by atoms with van der Waals surface area (Å²) in [5.74, 6) is 2.32. The number of methoxy groups -OCH3 is 1. The van der Waals surface area contributed by atoms with Crippen LogP contribution in [0.1, 0.15) is 24.5 Å². The summed E-state index contributed by atoms with van der Waals surface area (Å²) in [5.41, 5.74) is 2.82. The van der Waals surface area contributed by atoms with E-state index in [0.717, 1.165) is 53.6 Å². The number of likely N-dealkylation sites (tertiary alicyclic amines) is 1. The van der Waals surface area contributed by atoms with Crippen LogP contribution in [0.2, 0.25) is 0 Å². The Hall–Kier alpha value is -3.19. The molecule has 29 heavy (non-hydrogen) atoms. The molecule has 3 aromatic rings. The number of carbonyl (C=O) groups is 1. The SMILES string of the molecule is COc1ccc(-c2ccccc2NC(=O)[C@@H]2CCCN2Cc2n[nH]c(C)n2)cc1. The van der Waals surface area contributed by atoms with Gasteiger partial charge in [-0.3, -0.25) is 14.8 Å². The minimum atomic E-state index is -0.183. The number of para-hydroxylation sites is 1. The normalized spacial score (nSPS) is 16.7. The number of rotatable bonds is 6. The smallest absolute Gasteiger partial charge is 0.241 e. The Morgan fingerprint density at radius 1 is 1.24 bits per heavy atom. The van der Waals surface area contributed by atoms with Crippen molar-refractivity contribution in [2.75, 3.05) is 19.0 Å². The Morgan fingerprint density at radius 2 is 2.03 bits per heavy atom. The maximum atomic E-state index is 13.1. The molecule has 0 saturated carbocycles. The molecule has 2 N–H and O–H groups in total. The third kappa shape index (κ3) is 4.30. The van der Waals surface area contributed by atoms with Crippen molar-refractivity contribution in [2.24, 2.45) is 0 Å². The number of ether oxygens (including phenoxy) is 1. The van der Waals surface area contributed by atoms with E-state index in [9.17, 15) is 4.79 Å². The maximum absolute atomic E-state index is 13.1. The lowest BCUT2D eigenvalue weighted by Gasteiger charge is -2.23. The molecule has 1 amide bonds. The number of H-pyrrole nitrogens is 1. The molecule has 1 fully saturated rings. The fraction of sp³-hybridized carbons (Fsp3) is 0.318. The van der Waals surface area contributed by atoms with Gasteiger partial charge in [-0.05, 0) is 50.1 Å². The van der Waals surface area contributed by atoms with Gasteiger partial charge in [-0.15, -0.1) is 0 Å². The first kappa shape index (κ1) is 19.1. The van der Waals surface area contributed by atoms with Gasteiger partial charge in [0, 0.05) is 11.3 Å². The van der Waals surface area contributed by atoms with Gasteiger partial charge in [-0.1, -0.05) is 30.3 Å². The van der Waals surface area contributed by atoms with Gasteiger partial charge in [0.15, 0.2) is 5.82 Å². The van der Waals surface area contributed by atoms with Crippen molar-refractivity contribution >= 4 is 11.6 Å². The summed E-state index contributed by atoms with van der Waals surface area (Å²) < 4.78 is 5.24. The van der Waals surface area contributed by atoms with E-state index in [0.29, 0.717) is 6.54 Å². The molecule has 150 valence electrons. The Labute approximate surface area is 170 Å². The van der Waals surface area contributed by atoms with Gasteiger partial charge in [0.2, 0.25) is 5.91 Å². The van der Waals surface area contributed by atoms with Crippen molar-refractivity contribution in [3.05, 3.63) is 60.2 Å². The van der Waals surface area contributed by atoms with Crippen molar-refractivity contribution < 1.29 is 9.53 Å². The molecule has 0 aliphatic carbocycles. The zero-order chi connectivity index (χ0) is 20.2. The summed E-state index contributed by atoms with van der Waals surface area (Å²) in [4.78, 5) is 19.6. The summed E-state index contributed by atoms with van der Waals surface area (Å²) in [6.45, 7) is 3.31. The van der Waals surface area contributed by atoms with E-state index in [2.05, 4.69) is 25.4 Å². The summed E-state index contributed by atoms with van der Waals surface area (Å²) in [5, 5.41) is 10.2. The second kappa shape index (κ2) is 8.45. The number of aromatic amines is 1. The molecular formula is C22H25N5O2. The number of benzene rings is 2. The maximum Gasteiger partial charge on any atom is 0.241 e. The van der Waals surface area contributed by atoms with E-state index in [4.69, 9.17) is 4.74 Å². The predicted molar refractivity (Wildman–Crippen MR) is 112 cm³/mol. The largest absolute Gasteiger partial charge is 0.497 e. The number of amides is 1. The minimum Gasteiger partial charge on any atom is -0.497 e. The second-order valence-electron chi connectivity index (χ2n) is 7.23. The fourth-order valence-corrected chi connectivity index (χ4v) is 3.78. The van der Waals surface area contributed by atoms with Crippen LogP contribution >= 0.6 is 0 Å². The molecule has 0 radical (unpaired) electrons. The standard InChI is InChI=1S/C22H25N5O2/c1-15-23-21(26-25-15)14-27-13-5-8-20(27)22(28)24-19-7-4-3-6-18(19)16-9-11-17(29-2)12-10-16/h3-4,6-7,9-12,20H,5,8,13-14H2,1-2H3,(H,24,28)(H,23,25,26)/t20-/m0/s1. The lowest BCUT2D eigenvalue weighted by Crippen LogP contribution is -2.39. The molecule has 2 heterocycles. The highest BCUT2D eigenvalue weighted by Crippen LogP contribution is 2.30. The van der Waals surface area contributed by atoms with E-state index in [1.165, 1.54) is 0 Å². The quantitative estimate of drug-likeness (QED) is 0.673. The molecule has 1 aliphatic heterocycles. The van der Waals surface area contributed by atoms with E-state index in [-0.39, 0.29) is 11.9 Å². The van der Waals surface area contributed by atoms with Crippen LogP contribution < -0.4 is 10.1 Å². The number of hydrogen-bond donors (Lipinski definition) is 2. The van der Waals surface area contributed by atoms with Gasteiger partial charge < -0.3 is 10.1 Å². The van der Waals surface area contributed by atoms with Crippen LogP contribution in [0.5, 0.6) is 5.75 Å². The highest BCUT2D eigenvalue weighted by molar-refractivity contribution is 5.98. The molecule has 1 aliphatic rings. The number of carbonyl (C=O) groups excluding carboxylic acids is 1. The lowest BCUT2D eigenvalue weighted by molar-refractivity contribution is -0.120. The number of aromatic nitrogens is 3. The first-order valence-electron chi connectivity index (χ1n) is 9.80. The zero-order valence-electron chi connectivity index (χ0n) is 16.7. The van der Waals surface area contributed by atoms with Crippen LogP contribution in [-0.2, 0) is 11.3 Å². The number of nitrogens with one attached hydrogen (secondary N) is 2. The van der Waals surface area contributed by atoms with Crippen LogP contribution in [0.15, 0.2) is 48.5 Å². The summed E-state index contributed by atoms with van der Waals surface area (Å²) in [6.07, 6.45) is 1.82. The first-order chi connectivity index (χ1) is 14.1. The predicted octanol–water partition coefficient (Wildman–Crippen LogP) is 3.39.